The molecule has 100 valence electrons. The molecule has 1 rings (SSSR count). The highest BCUT2D eigenvalue weighted by Crippen LogP contribution is 2.25. The van der Waals surface area contributed by atoms with Gasteiger partial charge in [-0.05, 0) is 39.2 Å². The molecule has 0 bridgehead atoms. The summed E-state index contributed by atoms with van der Waals surface area (Å²) < 4.78 is 5.73. The van der Waals surface area contributed by atoms with E-state index in [4.69, 9.17) is 4.74 Å². The summed E-state index contributed by atoms with van der Waals surface area (Å²) in [6.07, 6.45) is 6.99. The van der Waals surface area contributed by atoms with Gasteiger partial charge in [-0.3, -0.25) is 0 Å². The topological polar surface area (TPSA) is 29.5 Å². The van der Waals surface area contributed by atoms with Gasteiger partial charge in [0.1, 0.15) is 6.29 Å². The molecule has 3 heteroatoms. The molecule has 1 fully saturated rings. The molecule has 1 unspecified atom stereocenters. The summed E-state index contributed by atoms with van der Waals surface area (Å²) in [5.74, 6) is 0. The van der Waals surface area contributed by atoms with Gasteiger partial charge in [0.25, 0.3) is 0 Å². The summed E-state index contributed by atoms with van der Waals surface area (Å²) in [4.78, 5) is 13.5. The minimum absolute atomic E-state index is 0.163. The summed E-state index contributed by atoms with van der Waals surface area (Å²) >= 11 is 0. The van der Waals surface area contributed by atoms with Crippen LogP contribution in [0.4, 0.5) is 0 Å². The third-order valence-corrected chi connectivity index (χ3v) is 4.03. The van der Waals surface area contributed by atoms with E-state index in [1.807, 2.05) is 0 Å². The van der Waals surface area contributed by atoms with Crippen molar-refractivity contribution in [1.82, 2.24) is 4.90 Å². The van der Waals surface area contributed by atoms with Gasteiger partial charge in [0.05, 0.1) is 6.10 Å². The lowest BCUT2D eigenvalue weighted by molar-refractivity contribution is -0.118. The van der Waals surface area contributed by atoms with Gasteiger partial charge in [0, 0.05) is 25.1 Å². The van der Waals surface area contributed by atoms with E-state index in [1.54, 1.807) is 0 Å². The molecule has 3 nitrogen and oxygen atoms in total. The van der Waals surface area contributed by atoms with Crippen LogP contribution in [0.2, 0.25) is 0 Å². The monoisotopic (exact) mass is 241 g/mol. The van der Waals surface area contributed by atoms with E-state index in [-0.39, 0.29) is 5.41 Å². The highest BCUT2D eigenvalue weighted by molar-refractivity contribution is 5.59. The average molecular weight is 241 g/mol. The van der Waals surface area contributed by atoms with Crippen molar-refractivity contribution in [2.75, 3.05) is 26.7 Å². The van der Waals surface area contributed by atoms with Crippen LogP contribution in [0.3, 0.4) is 0 Å². The second kappa shape index (κ2) is 7.12. The van der Waals surface area contributed by atoms with Crippen LogP contribution in [0.25, 0.3) is 0 Å². The Bertz CT molecular complexity index is 220. The molecule has 0 radical (unpaired) electrons. The standard InChI is InChI=1S/C14H27NO2/c1-4-14(5-2,12-16)11-15(3)10-13-8-6-7-9-17-13/h12-13H,4-11H2,1-3H3. The molecule has 0 saturated carbocycles. The quantitative estimate of drug-likeness (QED) is 0.641. The van der Waals surface area contributed by atoms with Crippen molar-refractivity contribution in [3.8, 4) is 0 Å². The Labute approximate surface area is 106 Å². The molecule has 0 spiro atoms. The van der Waals surface area contributed by atoms with E-state index in [1.165, 1.54) is 12.8 Å². The first-order chi connectivity index (χ1) is 8.15. The Morgan fingerprint density at radius 1 is 1.35 bits per heavy atom. The molecule has 17 heavy (non-hydrogen) atoms. The minimum atomic E-state index is -0.163. The zero-order valence-electron chi connectivity index (χ0n) is 11.6. The Morgan fingerprint density at radius 3 is 2.53 bits per heavy atom. The van der Waals surface area contributed by atoms with Crippen LogP contribution in [-0.4, -0.2) is 44.0 Å². The van der Waals surface area contributed by atoms with Crippen molar-refractivity contribution in [3.63, 3.8) is 0 Å². The third-order valence-electron chi connectivity index (χ3n) is 4.03. The number of hydrogen-bond acceptors (Lipinski definition) is 3. The first-order valence-corrected chi connectivity index (χ1v) is 6.92. The molecule has 0 aromatic carbocycles. The van der Waals surface area contributed by atoms with Crippen LogP contribution in [0.15, 0.2) is 0 Å². The van der Waals surface area contributed by atoms with Crippen molar-refractivity contribution in [2.45, 2.75) is 52.1 Å². The highest BCUT2D eigenvalue weighted by Gasteiger charge is 2.28. The molecule has 0 amide bonds. The molecule has 0 aliphatic carbocycles. The fraction of sp³-hybridized carbons (Fsp3) is 0.929. The number of ether oxygens (including phenoxy) is 1. The predicted molar refractivity (Wildman–Crippen MR) is 70.2 cm³/mol. The molecular formula is C14H27NO2. The molecule has 1 saturated heterocycles. The summed E-state index contributed by atoms with van der Waals surface area (Å²) in [5, 5.41) is 0. The van der Waals surface area contributed by atoms with E-state index >= 15 is 0 Å². The molecule has 1 heterocycles. The van der Waals surface area contributed by atoms with Crippen LogP contribution < -0.4 is 0 Å². The van der Waals surface area contributed by atoms with E-state index < -0.39 is 0 Å². The minimum Gasteiger partial charge on any atom is -0.377 e. The maximum absolute atomic E-state index is 11.3. The van der Waals surface area contributed by atoms with E-state index in [9.17, 15) is 4.79 Å². The van der Waals surface area contributed by atoms with Gasteiger partial charge in [-0.2, -0.15) is 0 Å². The van der Waals surface area contributed by atoms with E-state index in [2.05, 4.69) is 25.8 Å². The lowest BCUT2D eigenvalue weighted by atomic mass is 9.83. The number of aldehydes is 1. The van der Waals surface area contributed by atoms with Gasteiger partial charge in [0.2, 0.25) is 0 Å². The highest BCUT2D eigenvalue weighted by atomic mass is 16.5. The van der Waals surface area contributed by atoms with Gasteiger partial charge in [-0.15, -0.1) is 0 Å². The largest absolute Gasteiger partial charge is 0.377 e. The second-order valence-electron chi connectivity index (χ2n) is 5.37. The van der Waals surface area contributed by atoms with Gasteiger partial charge < -0.3 is 14.4 Å². The lowest BCUT2D eigenvalue weighted by Crippen LogP contribution is -2.41. The third kappa shape index (κ3) is 4.40. The zero-order valence-corrected chi connectivity index (χ0v) is 11.6. The molecule has 0 aromatic heterocycles. The lowest BCUT2D eigenvalue weighted by Gasteiger charge is -2.33. The van der Waals surface area contributed by atoms with Gasteiger partial charge in [-0.25, -0.2) is 0 Å². The van der Waals surface area contributed by atoms with Crippen molar-refractivity contribution in [3.05, 3.63) is 0 Å². The van der Waals surface area contributed by atoms with Crippen molar-refractivity contribution in [2.24, 2.45) is 5.41 Å². The molecule has 1 atom stereocenters. The average Bonchev–Trinajstić information content (AvgIpc) is 2.37. The maximum atomic E-state index is 11.3. The predicted octanol–water partition coefficient (Wildman–Crippen LogP) is 2.49. The van der Waals surface area contributed by atoms with E-state index in [0.717, 1.165) is 45.2 Å². The van der Waals surface area contributed by atoms with Gasteiger partial charge in [-0.1, -0.05) is 13.8 Å². The number of hydrogen-bond donors (Lipinski definition) is 0. The zero-order chi connectivity index (χ0) is 12.7. The van der Waals surface area contributed by atoms with Crippen LogP contribution in [0.1, 0.15) is 46.0 Å². The summed E-state index contributed by atoms with van der Waals surface area (Å²) in [6.45, 7) is 6.91. The van der Waals surface area contributed by atoms with Crippen LogP contribution in [0, 0.1) is 5.41 Å². The number of rotatable bonds is 7. The Morgan fingerprint density at radius 2 is 2.06 bits per heavy atom. The van der Waals surface area contributed by atoms with E-state index in [0.29, 0.717) is 6.10 Å². The van der Waals surface area contributed by atoms with Gasteiger partial charge in [0.15, 0.2) is 0 Å². The SMILES string of the molecule is CCC(C=O)(CC)CN(C)CC1CCCCO1. The number of carbonyl (C=O) groups excluding carboxylic acids is 1. The van der Waals surface area contributed by atoms with Crippen LogP contribution >= 0.6 is 0 Å². The number of nitrogens with zero attached hydrogens (tertiary/aromatic N) is 1. The first-order valence-electron chi connectivity index (χ1n) is 6.92. The summed E-state index contributed by atoms with van der Waals surface area (Å²) in [6, 6.07) is 0. The van der Waals surface area contributed by atoms with Crippen molar-refractivity contribution < 1.29 is 9.53 Å². The van der Waals surface area contributed by atoms with Crippen molar-refractivity contribution in [1.29, 1.82) is 0 Å². The second-order valence-corrected chi connectivity index (χ2v) is 5.37. The normalized spacial score (nSPS) is 21.8. The fourth-order valence-electron chi connectivity index (χ4n) is 2.58. The van der Waals surface area contributed by atoms with Crippen LogP contribution in [-0.2, 0) is 9.53 Å². The summed E-state index contributed by atoms with van der Waals surface area (Å²) in [7, 11) is 2.10. The molecule has 1 aliphatic heterocycles. The van der Waals surface area contributed by atoms with Crippen molar-refractivity contribution >= 4 is 6.29 Å². The number of likely N-dealkylation sites (N-methyl/N-ethyl adjacent to an activating group) is 1. The van der Waals surface area contributed by atoms with Gasteiger partial charge >= 0.3 is 0 Å². The number of carbonyl (C=O) groups is 1. The molecular weight excluding hydrogens is 214 g/mol. The Hall–Kier alpha value is -0.410. The fourth-order valence-corrected chi connectivity index (χ4v) is 2.58. The molecule has 0 aromatic rings. The Balaban J connectivity index is 2.40. The first kappa shape index (κ1) is 14.7. The smallest absolute Gasteiger partial charge is 0.127 e. The molecule has 1 aliphatic rings. The summed E-state index contributed by atoms with van der Waals surface area (Å²) in [5.41, 5.74) is -0.163. The Kier molecular flexibility index (Phi) is 6.14. The molecule has 0 N–H and O–H groups in total. The maximum Gasteiger partial charge on any atom is 0.127 e. The van der Waals surface area contributed by atoms with Crippen LogP contribution in [0.5, 0.6) is 0 Å².